The van der Waals surface area contributed by atoms with E-state index < -0.39 is 0 Å². The molecule has 1 amide bonds. The monoisotopic (exact) mass is 334 g/mol. The molecular weight excluding hydrogens is 312 g/mol. The third-order valence-electron chi connectivity index (χ3n) is 4.31. The summed E-state index contributed by atoms with van der Waals surface area (Å²) >= 11 is 0. The molecule has 0 bridgehead atoms. The number of hydrogen-bond acceptors (Lipinski definition) is 3. The van der Waals surface area contributed by atoms with Crippen LogP contribution in [0.3, 0.4) is 0 Å². The van der Waals surface area contributed by atoms with Crippen molar-refractivity contribution in [3.05, 3.63) is 77.9 Å². The van der Waals surface area contributed by atoms with E-state index in [1.54, 1.807) is 6.21 Å². The molecule has 2 aromatic rings. The summed E-state index contributed by atoms with van der Waals surface area (Å²) in [5.41, 5.74) is 7.23. The quantitative estimate of drug-likeness (QED) is 0.803. The molecule has 0 saturated heterocycles. The summed E-state index contributed by atoms with van der Waals surface area (Å²) in [7, 11) is 0. The van der Waals surface area contributed by atoms with E-state index in [1.807, 2.05) is 60.7 Å². The number of nitrogens with zero attached hydrogens (tertiary/aromatic N) is 1. The van der Waals surface area contributed by atoms with Crippen LogP contribution < -0.4 is 10.5 Å². The van der Waals surface area contributed by atoms with Crippen molar-refractivity contribution in [1.29, 1.82) is 0 Å². The van der Waals surface area contributed by atoms with Crippen LogP contribution in [0.2, 0.25) is 0 Å². The van der Waals surface area contributed by atoms with Crippen molar-refractivity contribution in [1.82, 2.24) is 0 Å². The Morgan fingerprint density at radius 2 is 1.80 bits per heavy atom. The second-order valence-corrected chi connectivity index (χ2v) is 6.30. The number of allylic oxidation sites excluding steroid dienone is 1. The zero-order chi connectivity index (χ0) is 17.5. The van der Waals surface area contributed by atoms with Crippen molar-refractivity contribution in [3.63, 3.8) is 0 Å². The van der Waals surface area contributed by atoms with Gasteiger partial charge in [0, 0.05) is 19.1 Å². The lowest BCUT2D eigenvalue weighted by Gasteiger charge is -2.24. The molecule has 4 nitrogen and oxygen atoms in total. The van der Waals surface area contributed by atoms with Crippen LogP contribution in [0.1, 0.15) is 24.0 Å². The van der Waals surface area contributed by atoms with Gasteiger partial charge in [-0.2, -0.15) is 0 Å². The lowest BCUT2D eigenvalue weighted by Crippen LogP contribution is -2.27. The fourth-order valence-corrected chi connectivity index (χ4v) is 2.94. The van der Waals surface area contributed by atoms with Gasteiger partial charge >= 0.3 is 0 Å². The van der Waals surface area contributed by atoms with E-state index in [4.69, 9.17) is 10.5 Å². The molecule has 1 aliphatic rings. The van der Waals surface area contributed by atoms with Crippen LogP contribution >= 0.6 is 0 Å². The van der Waals surface area contributed by atoms with E-state index in [2.05, 4.69) is 11.1 Å². The van der Waals surface area contributed by atoms with Gasteiger partial charge in [-0.25, -0.2) is 0 Å². The predicted molar refractivity (Wildman–Crippen MR) is 99.7 cm³/mol. The Balaban J connectivity index is 1.60. The van der Waals surface area contributed by atoms with E-state index in [0.29, 0.717) is 19.4 Å². The van der Waals surface area contributed by atoms with E-state index in [9.17, 15) is 4.79 Å². The first-order valence-electron chi connectivity index (χ1n) is 8.42. The molecular formula is C21H22N2O2. The summed E-state index contributed by atoms with van der Waals surface area (Å²) in [5.74, 6) is 0.545. The van der Waals surface area contributed by atoms with Gasteiger partial charge in [-0.05, 0) is 35.8 Å². The highest BCUT2D eigenvalue weighted by molar-refractivity contribution is 5.76. The highest BCUT2D eigenvalue weighted by Crippen LogP contribution is 2.28. The van der Waals surface area contributed by atoms with E-state index in [-0.39, 0.29) is 11.4 Å². The van der Waals surface area contributed by atoms with Crippen molar-refractivity contribution >= 4 is 12.1 Å². The number of ether oxygens (including phenoxy) is 1. The number of nitrogens with two attached hydrogens (primary N) is 1. The number of carbonyl (C=O) groups is 1. The Morgan fingerprint density at radius 3 is 2.44 bits per heavy atom. The molecule has 0 aliphatic carbocycles. The molecule has 0 fully saturated rings. The predicted octanol–water partition coefficient (Wildman–Crippen LogP) is 3.45. The van der Waals surface area contributed by atoms with Crippen LogP contribution in [0.5, 0.6) is 5.75 Å². The third kappa shape index (κ3) is 4.80. The highest BCUT2D eigenvalue weighted by Gasteiger charge is 2.28. The van der Waals surface area contributed by atoms with Crippen molar-refractivity contribution in [3.8, 4) is 5.75 Å². The SMILES string of the molecule is NC(=O)CCC1(Cc2ccc(OCc3ccccc3)cc2)C=CC=N1. The zero-order valence-electron chi connectivity index (χ0n) is 14.1. The van der Waals surface area contributed by atoms with Gasteiger partial charge in [0.25, 0.3) is 0 Å². The maximum absolute atomic E-state index is 11.1. The van der Waals surface area contributed by atoms with Crippen LogP contribution in [0.25, 0.3) is 0 Å². The third-order valence-corrected chi connectivity index (χ3v) is 4.31. The number of carbonyl (C=O) groups excluding carboxylic acids is 1. The molecule has 1 aliphatic heterocycles. The van der Waals surface area contributed by atoms with Crippen molar-refractivity contribution in [2.75, 3.05) is 0 Å². The van der Waals surface area contributed by atoms with Crippen molar-refractivity contribution in [2.24, 2.45) is 10.7 Å². The summed E-state index contributed by atoms with van der Waals surface area (Å²) in [6.45, 7) is 0.551. The number of rotatable bonds is 8. The van der Waals surface area contributed by atoms with Crippen LogP contribution in [0.4, 0.5) is 0 Å². The average molecular weight is 334 g/mol. The van der Waals surface area contributed by atoms with Gasteiger partial charge in [0.1, 0.15) is 12.4 Å². The first-order chi connectivity index (χ1) is 12.2. The molecule has 1 atom stereocenters. The molecule has 4 heteroatoms. The van der Waals surface area contributed by atoms with E-state index >= 15 is 0 Å². The second kappa shape index (κ2) is 7.79. The lowest BCUT2D eigenvalue weighted by molar-refractivity contribution is -0.118. The lowest BCUT2D eigenvalue weighted by atomic mass is 9.87. The standard InChI is InChI=1S/C21H22N2O2/c22-20(24)11-13-21(12-4-14-23-21)15-17-7-9-19(10-8-17)25-16-18-5-2-1-3-6-18/h1-10,12,14H,11,13,15-16H2,(H2,22,24). The van der Waals surface area contributed by atoms with Crippen LogP contribution in [0, 0.1) is 0 Å². The van der Waals surface area contributed by atoms with Gasteiger partial charge in [0.15, 0.2) is 0 Å². The number of hydrogen-bond donors (Lipinski definition) is 1. The minimum atomic E-state index is -0.360. The summed E-state index contributed by atoms with van der Waals surface area (Å²) in [6, 6.07) is 18.1. The van der Waals surface area contributed by atoms with Gasteiger partial charge in [-0.15, -0.1) is 0 Å². The van der Waals surface area contributed by atoms with Gasteiger partial charge in [-0.1, -0.05) is 48.5 Å². The number of benzene rings is 2. The Morgan fingerprint density at radius 1 is 1.04 bits per heavy atom. The fraction of sp³-hybridized carbons (Fsp3) is 0.238. The minimum absolute atomic E-state index is 0.292. The van der Waals surface area contributed by atoms with Crippen LogP contribution in [-0.4, -0.2) is 17.7 Å². The summed E-state index contributed by atoms with van der Waals surface area (Å²) in [6.07, 6.45) is 7.47. The van der Waals surface area contributed by atoms with Crippen molar-refractivity contribution < 1.29 is 9.53 Å². The highest BCUT2D eigenvalue weighted by atomic mass is 16.5. The topological polar surface area (TPSA) is 64.7 Å². The van der Waals surface area contributed by atoms with Gasteiger partial charge < -0.3 is 10.5 Å². The smallest absolute Gasteiger partial charge is 0.217 e. The molecule has 0 spiro atoms. The summed E-state index contributed by atoms with van der Waals surface area (Å²) < 4.78 is 5.82. The largest absolute Gasteiger partial charge is 0.489 e. The maximum atomic E-state index is 11.1. The second-order valence-electron chi connectivity index (χ2n) is 6.30. The molecule has 2 aromatic carbocycles. The molecule has 1 unspecified atom stereocenters. The number of primary amides is 1. The fourth-order valence-electron chi connectivity index (χ4n) is 2.94. The van der Waals surface area contributed by atoms with Crippen LogP contribution in [-0.2, 0) is 17.8 Å². The molecule has 25 heavy (non-hydrogen) atoms. The Kier molecular flexibility index (Phi) is 5.29. The van der Waals surface area contributed by atoms with E-state index in [0.717, 1.165) is 23.3 Å². The maximum Gasteiger partial charge on any atom is 0.217 e. The molecule has 1 heterocycles. The number of amides is 1. The zero-order valence-corrected chi connectivity index (χ0v) is 14.1. The number of aliphatic imine (C=N–C) groups is 1. The summed E-state index contributed by atoms with van der Waals surface area (Å²) in [5, 5.41) is 0. The molecule has 0 aromatic heterocycles. The van der Waals surface area contributed by atoms with Crippen LogP contribution in [0.15, 0.2) is 71.7 Å². The molecule has 3 rings (SSSR count). The van der Waals surface area contributed by atoms with Gasteiger partial charge in [0.05, 0.1) is 5.54 Å². The van der Waals surface area contributed by atoms with E-state index in [1.165, 1.54) is 0 Å². The first kappa shape index (κ1) is 17.0. The Bertz CT molecular complexity index is 752. The molecule has 2 N–H and O–H groups in total. The first-order valence-corrected chi connectivity index (χ1v) is 8.42. The Labute approximate surface area is 148 Å². The van der Waals surface area contributed by atoms with Gasteiger partial charge in [0.2, 0.25) is 5.91 Å². The Hall–Kier alpha value is -2.88. The van der Waals surface area contributed by atoms with Gasteiger partial charge in [-0.3, -0.25) is 9.79 Å². The van der Waals surface area contributed by atoms with Crippen molar-refractivity contribution in [2.45, 2.75) is 31.4 Å². The minimum Gasteiger partial charge on any atom is -0.489 e. The molecule has 0 saturated carbocycles. The normalized spacial score (nSPS) is 18.4. The average Bonchev–Trinajstić information content (AvgIpc) is 3.09. The molecule has 128 valence electrons. The molecule has 0 radical (unpaired) electrons. The summed E-state index contributed by atoms with van der Waals surface area (Å²) in [4.78, 5) is 15.7.